The lowest BCUT2D eigenvalue weighted by Crippen LogP contribution is -2.36. The Balaban J connectivity index is 2.14. The number of anilines is 1. The van der Waals surface area contributed by atoms with E-state index < -0.39 is 5.92 Å². The standard InChI is InChI=1S/C14H16Cl2N2O3/c1-17(2-3-19)14(21)9-4-13(20)18(8-9)12-6-10(15)5-11(16)7-12/h5-7,9,19H,2-4,8H2,1H3. The Morgan fingerprint density at radius 2 is 2.00 bits per heavy atom. The predicted molar refractivity (Wildman–Crippen MR) is 81.6 cm³/mol. The molecule has 1 aromatic carbocycles. The number of hydrogen-bond donors (Lipinski definition) is 1. The largest absolute Gasteiger partial charge is 0.395 e. The lowest BCUT2D eigenvalue weighted by molar-refractivity contribution is -0.134. The van der Waals surface area contributed by atoms with Gasteiger partial charge in [0, 0.05) is 42.3 Å². The number of hydrogen-bond acceptors (Lipinski definition) is 3. The molecular formula is C14H16Cl2N2O3. The number of amides is 2. The summed E-state index contributed by atoms with van der Waals surface area (Å²) in [5.41, 5.74) is 0.595. The van der Waals surface area contributed by atoms with Crippen molar-refractivity contribution in [3.05, 3.63) is 28.2 Å². The first kappa shape index (κ1) is 16.1. The van der Waals surface area contributed by atoms with Gasteiger partial charge in [-0.1, -0.05) is 23.2 Å². The SMILES string of the molecule is CN(CCO)C(=O)C1CC(=O)N(c2cc(Cl)cc(Cl)c2)C1. The molecule has 1 N–H and O–H groups in total. The summed E-state index contributed by atoms with van der Waals surface area (Å²) in [7, 11) is 1.61. The summed E-state index contributed by atoms with van der Waals surface area (Å²) in [6, 6.07) is 4.88. The van der Waals surface area contributed by atoms with Crippen LogP contribution in [0.4, 0.5) is 5.69 Å². The second kappa shape index (κ2) is 6.64. The molecular weight excluding hydrogens is 315 g/mol. The lowest BCUT2D eigenvalue weighted by atomic mass is 10.1. The van der Waals surface area contributed by atoms with Crippen molar-refractivity contribution in [2.45, 2.75) is 6.42 Å². The predicted octanol–water partition coefficient (Wildman–Crippen LogP) is 1.80. The second-order valence-electron chi connectivity index (χ2n) is 5.02. The summed E-state index contributed by atoms with van der Waals surface area (Å²) in [5, 5.41) is 9.76. The zero-order valence-corrected chi connectivity index (χ0v) is 13.1. The van der Waals surface area contributed by atoms with E-state index in [1.165, 1.54) is 9.80 Å². The van der Waals surface area contributed by atoms with Gasteiger partial charge in [0.2, 0.25) is 11.8 Å². The third kappa shape index (κ3) is 3.67. The summed E-state index contributed by atoms with van der Waals surface area (Å²) in [4.78, 5) is 27.2. The van der Waals surface area contributed by atoms with Crippen molar-refractivity contribution in [1.29, 1.82) is 0 Å². The van der Waals surface area contributed by atoms with Gasteiger partial charge in [-0.25, -0.2) is 0 Å². The minimum absolute atomic E-state index is 0.101. The van der Waals surface area contributed by atoms with Crippen LogP contribution in [-0.2, 0) is 9.59 Å². The number of benzene rings is 1. The summed E-state index contributed by atoms with van der Waals surface area (Å²) in [6.45, 7) is 0.452. The van der Waals surface area contributed by atoms with Crippen molar-refractivity contribution >= 4 is 40.7 Å². The Morgan fingerprint density at radius 1 is 1.38 bits per heavy atom. The third-order valence-corrected chi connectivity index (χ3v) is 3.88. The van der Waals surface area contributed by atoms with E-state index in [-0.39, 0.29) is 31.4 Å². The van der Waals surface area contributed by atoms with Crippen LogP contribution in [0.2, 0.25) is 10.0 Å². The molecule has 0 aliphatic carbocycles. The zero-order valence-electron chi connectivity index (χ0n) is 11.6. The molecule has 1 heterocycles. The number of likely N-dealkylation sites (N-methyl/N-ethyl adjacent to an activating group) is 1. The topological polar surface area (TPSA) is 60.9 Å². The second-order valence-corrected chi connectivity index (χ2v) is 5.89. The van der Waals surface area contributed by atoms with Crippen LogP contribution in [-0.4, -0.2) is 48.6 Å². The molecule has 114 valence electrons. The van der Waals surface area contributed by atoms with Crippen LogP contribution in [0.3, 0.4) is 0 Å². The number of carbonyl (C=O) groups excluding carboxylic acids is 2. The van der Waals surface area contributed by atoms with E-state index in [9.17, 15) is 9.59 Å². The first-order valence-corrected chi connectivity index (χ1v) is 7.30. The first-order valence-electron chi connectivity index (χ1n) is 6.54. The molecule has 2 amide bonds. The van der Waals surface area contributed by atoms with Crippen LogP contribution in [0.1, 0.15) is 6.42 Å². The van der Waals surface area contributed by atoms with E-state index >= 15 is 0 Å². The molecule has 2 rings (SSSR count). The van der Waals surface area contributed by atoms with Gasteiger partial charge < -0.3 is 14.9 Å². The monoisotopic (exact) mass is 330 g/mol. The highest BCUT2D eigenvalue weighted by Crippen LogP contribution is 2.30. The molecule has 5 nitrogen and oxygen atoms in total. The molecule has 1 aliphatic rings. The van der Waals surface area contributed by atoms with Gasteiger partial charge in [-0.05, 0) is 18.2 Å². The zero-order chi connectivity index (χ0) is 15.6. The molecule has 0 spiro atoms. The summed E-state index contributed by atoms with van der Waals surface area (Å²) in [6.07, 6.45) is 0.152. The fourth-order valence-corrected chi connectivity index (χ4v) is 2.90. The van der Waals surface area contributed by atoms with Gasteiger partial charge in [0.25, 0.3) is 0 Å². The average molecular weight is 331 g/mol. The van der Waals surface area contributed by atoms with Gasteiger partial charge in [-0.15, -0.1) is 0 Å². The van der Waals surface area contributed by atoms with Crippen LogP contribution in [0.5, 0.6) is 0 Å². The fourth-order valence-electron chi connectivity index (χ4n) is 2.39. The minimum Gasteiger partial charge on any atom is -0.395 e. The van der Waals surface area contributed by atoms with Crippen molar-refractivity contribution < 1.29 is 14.7 Å². The molecule has 1 fully saturated rings. The average Bonchev–Trinajstić information content (AvgIpc) is 2.79. The van der Waals surface area contributed by atoms with Gasteiger partial charge in [0.1, 0.15) is 0 Å². The first-order chi connectivity index (χ1) is 9.92. The van der Waals surface area contributed by atoms with E-state index in [4.69, 9.17) is 28.3 Å². The molecule has 1 aromatic rings. The number of halogens is 2. The Hall–Kier alpha value is -1.30. The van der Waals surface area contributed by atoms with Crippen molar-refractivity contribution in [2.24, 2.45) is 5.92 Å². The quantitative estimate of drug-likeness (QED) is 0.915. The van der Waals surface area contributed by atoms with Crippen LogP contribution < -0.4 is 4.90 Å². The number of aliphatic hydroxyl groups excluding tert-OH is 1. The Bertz CT molecular complexity index is 545. The Labute approximate surface area is 133 Å². The summed E-state index contributed by atoms with van der Waals surface area (Å²) >= 11 is 11.9. The van der Waals surface area contributed by atoms with Crippen molar-refractivity contribution in [3.63, 3.8) is 0 Å². The molecule has 1 atom stereocenters. The molecule has 0 aromatic heterocycles. The molecule has 1 saturated heterocycles. The van der Waals surface area contributed by atoms with Crippen LogP contribution in [0, 0.1) is 5.92 Å². The normalized spacial score (nSPS) is 18.2. The number of rotatable bonds is 4. The maximum atomic E-state index is 12.2. The van der Waals surface area contributed by atoms with E-state index in [1.54, 1.807) is 25.2 Å². The van der Waals surface area contributed by atoms with E-state index in [0.717, 1.165) is 0 Å². The van der Waals surface area contributed by atoms with Gasteiger partial charge >= 0.3 is 0 Å². The fraction of sp³-hybridized carbons (Fsp3) is 0.429. The lowest BCUT2D eigenvalue weighted by Gasteiger charge is -2.21. The maximum absolute atomic E-state index is 12.2. The van der Waals surface area contributed by atoms with Gasteiger partial charge in [0.05, 0.1) is 12.5 Å². The minimum atomic E-state index is -0.410. The Morgan fingerprint density at radius 3 is 2.57 bits per heavy atom. The maximum Gasteiger partial charge on any atom is 0.227 e. The molecule has 0 bridgehead atoms. The molecule has 7 heteroatoms. The molecule has 1 unspecified atom stereocenters. The van der Waals surface area contributed by atoms with Gasteiger partial charge in [0.15, 0.2) is 0 Å². The highest BCUT2D eigenvalue weighted by Gasteiger charge is 2.36. The molecule has 1 aliphatic heterocycles. The Kier molecular flexibility index (Phi) is 5.08. The van der Waals surface area contributed by atoms with E-state index in [1.807, 2.05) is 0 Å². The smallest absolute Gasteiger partial charge is 0.227 e. The summed E-state index contributed by atoms with van der Waals surface area (Å²) < 4.78 is 0. The highest BCUT2D eigenvalue weighted by atomic mass is 35.5. The number of carbonyl (C=O) groups is 2. The van der Waals surface area contributed by atoms with Crippen molar-refractivity contribution in [3.8, 4) is 0 Å². The molecule has 21 heavy (non-hydrogen) atoms. The molecule has 0 saturated carbocycles. The van der Waals surface area contributed by atoms with Crippen molar-refractivity contribution in [2.75, 3.05) is 31.6 Å². The van der Waals surface area contributed by atoms with Crippen LogP contribution >= 0.6 is 23.2 Å². The number of nitrogens with zero attached hydrogens (tertiary/aromatic N) is 2. The third-order valence-electron chi connectivity index (χ3n) is 3.44. The van der Waals surface area contributed by atoms with Crippen LogP contribution in [0.25, 0.3) is 0 Å². The molecule has 0 radical (unpaired) electrons. The van der Waals surface area contributed by atoms with Gasteiger partial charge in [-0.2, -0.15) is 0 Å². The van der Waals surface area contributed by atoms with E-state index in [0.29, 0.717) is 22.3 Å². The van der Waals surface area contributed by atoms with Gasteiger partial charge in [-0.3, -0.25) is 9.59 Å². The van der Waals surface area contributed by atoms with Crippen LogP contribution in [0.15, 0.2) is 18.2 Å². The number of aliphatic hydroxyl groups is 1. The highest BCUT2D eigenvalue weighted by molar-refractivity contribution is 6.35. The van der Waals surface area contributed by atoms with E-state index in [2.05, 4.69) is 0 Å². The summed E-state index contributed by atoms with van der Waals surface area (Å²) in [5.74, 6) is -0.691. The van der Waals surface area contributed by atoms with Crippen molar-refractivity contribution in [1.82, 2.24) is 4.90 Å².